The van der Waals surface area contributed by atoms with E-state index in [1.165, 1.54) is 24.5 Å². The van der Waals surface area contributed by atoms with Gasteiger partial charge in [0.2, 0.25) is 11.7 Å². The van der Waals surface area contributed by atoms with E-state index in [4.69, 9.17) is 25.9 Å². The van der Waals surface area contributed by atoms with Crippen LogP contribution in [-0.2, 0) is 0 Å². The van der Waals surface area contributed by atoms with Gasteiger partial charge in [0.05, 0.1) is 22.7 Å². The van der Waals surface area contributed by atoms with Gasteiger partial charge < -0.3 is 9.15 Å². The minimum Gasteiger partial charge on any atom is -0.464 e. The number of hydrazone groups is 1. The molecule has 0 bridgehead atoms. The molecule has 7 heteroatoms. The van der Waals surface area contributed by atoms with Crippen molar-refractivity contribution in [3.05, 3.63) is 111 Å². The van der Waals surface area contributed by atoms with Gasteiger partial charge in [-0.25, -0.2) is 9.40 Å². The molecule has 6 rings (SSSR count). The normalized spacial score (nSPS) is 19.3. The smallest absolute Gasteiger partial charge is 0.220 e. The largest absolute Gasteiger partial charge is 0.464 e. The molecule has 2 aliphatic rings. The number of para-hydroxylation sites is 1. The molecule has 158 valence electrons. The predicted molar refractivity (Wildman–Crippen MR) is 119 cm³/mol. The van der Waals surface area contributed by atoms with Crippen LogP contribution in [0.25, 0.3) is 11.0 Å². The lowest BCUT2D eigenvalue weighted by Gasteiger charge is -2.37. The fraction of sp³-hybridized carbons (Fsp3) is 0.120. The number of rotatable bonds is 2. The number of benzene rings is 3. The third-order valence-electron chi connectivity index (χ3n) is 5.90. The number of hydrogen-bond acceptors (Lipinski definition) is 5. The zero-order valence-corrected chi connectivity index (χ0v) is 17.4. The summed E-state index contributed by atoms with van der Waals surface area (Å²) in [6.45, 7) is 0. The first-order chi connectivity index (χ1) is 15.6. The van der Waals surface area contributed by atoms with Crippen LogP contribution in [0.3, 0.4) is 0 Å². The van der Waals surface area contributed by atoms with Crippen molar-refractivity contribution in [1.82, 2.24) is 5.01 Å². The van der Waals surface area contributed by atoms with Crippen molar-refractivity contribution in [2.75, 3.05) is 0 Å². The van der Waals surface area contributed by atoms with Gasteiger partial charge in [-0.2, -0.15) is 5.10 Å². The molecule has 2 aliphatic heterocycles. The van der Waals surface area contributed by atoms with Crippen LogP contribution in [0.5, 0.6) is 5.75 Å². The van der Waals surface area contributed by atoms with Gasteiger partial charge in [0.1, 0.15) is 23.4 Å². The zero-order chi connectivity index (χ0) is 21.8. The predicted octanol–water partition coefficient (Wildman–Crippen LogP) is 5.83. The standard InChI is InChI=1S/C25H16ClFN2O3/c26-15-7-5-14(6-8-15)20-12-21-17-3-1-2-4-23(17)32-25(29(21)28-20)19-13-31-22-10-9-16(27)11-18(22)24(19)30/h1-11,13,21,25H,12H2/t21-,25-/m0/s1. The van der Waals surface area contributed by atoms with E-state index in [0.29, 0.717) is 22.8 Å². The van der Waals surface area contributed by atoms with E-state index in [-0.39, 0.29) is 22.4 Å². The van der Waals surface area contributed by atoms with Crippen LogP contribution in [0.2, 0.25) is 5.02 Å². The van der Waals surface area contributed by atoms with Crippen molar-refractivity contribution in [1.29, 1.82) is 0 Å². The molecule has 0 fully saturated rings. The maximum Gasteiger partial charge on any atom is 0.220 e. The summed E-state index contributed by atoms with van der Waals surface area (Å²) in [4.78, 5) is 13.3. The number of fused-ring (bicyclic) bond motifs is 4. The summed E-state index contributed by atoms with van der Waals surface area (Å²) in [5.74, 6) is 0.184. The zero-order valence-electron chi connectivity index (χ0n) is 16.7. The van der Waals surface area contributed by atoms with Crippen molar-refractivity contribution in [3.8, 4) is 5.75 Å². The third kappa shape index (κ3) is 2.99. The lowest BCUT2D eigenvalue weighted by Crippen LogP contribution is -2.36. The lowest BCUT2D eigenvalue weighted by molar-refractivity contribution is -0.0205. The Balaban J connectivity index is 1.50. The molecule has 0 saturated carbocycles. The molecule has 4 aromatic rings. The van der Waals surface area contributed by atoms with Gasteiger partial charge in [0.15, 0.2) is 0 Å². The maximum atomic E-state index is 13.8. The van der Waals surface area contributed by atoms with Gasteiger partial charge in [0.25, 0.3) is 0 Å². The summed E-state index contributed by atoms with van der Waals surface area (Å²) in [5.41, 5.74) is 3.06. The highest BCUT2D eigenvalue weighted by Crippen LogP contribution is 2.47. The summed E-state index contributed by atoms with van der Waals surface area (Å²) in [5, 5.41) is 7.45. The molecule has 0 spiro atoms. The van der Waals surface area contributed by atoms with Gasteiger partial charge in [-0.1, -0.05) is 41.9 Å². The van der Waals surface area contributed by atoms with E-state index >= 15 is 0 Å². The molecule has 0 saturated heterocycles. The fourth-order valence-corrected chi connectivity index (χ4v) is 4.47. The van der Waals surface area contributed by atoms with Crippen LogP contribution in [0.4, 0.5) is 4.39 Å². The van der Waals surface area contributed by atoms with Crippen molar-refractivity contribution in [3.63, 3.8) is 0 Å². The summed E-state index contributed by atoms with van der Waals surface area (Å²) >= 11 is 6.04. The average molecular weight is 447 g/mol. The molecule has 3 heterocycles. The van der Waals surface area contributed by atoms with Crippen molar-refractivity contribution >= 4 is 28.3 Å². The Morgan fingerprint density at radius 1 is 1.03 bits per heavy atom. The quantitative estimate of drug-likeness (QED) is 0.389. The first-order valence-corrected chi connectivity index (χ1v) is 10.5. The Morgan fingerprint density at radius 2 is 1.84 bits per heavy atom. The maximum absolute atomic E-state index is 13.8. The van der Waals surface area contributed by atoms with Gasteiger partial charge in [-0.3, -0.25) is 4.79 Å². The monoisotopic (exact) mass is 446 g/mol. The Morgan fingerprint density at radius 3 is 2.69 bits per heavy atom. The number of nitrogens with zero attached hydrogens (tertiary/aromatic N) is 2. The highest BCUT2D eigenvalue weighted by atomic mass is 35.5. The minimum atomic E-state index is -0.802. The van der Waals surface area contributed by atoms with Crippen LogP contribution >= 0.6 is 11.6 Å². The molecule has 32 heavy (non-hydrogen) atoms. The summed E-state index contributed by atoms with van der Waals surface area (Å²) in [6, 6.07) is 19.0. The van der Waals surface area contributed by atoms with Crippen LogP contribution in [0.15, 0.2) is 87.3 Å². The molecular formula is C25H16ClFN2O3. The lowest BCUT2D eigenvalue weighted by atomic mass is 9.96. The molecule has 0 aliphatic carbocycles. The van der Waals surface area contributed by atoms with Crippen LogP contribution < -0.4 is 10.2 Å². The van der Waals surface area contributed by atoms with Gasteiger partial charge in [-0.05, 0) is 42.0 Å². The van der Waals surface area contributed by atoms with Crippen LogP contribution in [0.1, 0.15) is 35.4 Å². The summed E-state index contributed by atoms with van der Waals surface area (Å²) < 4.78 is 25.7. The van der Waals surface area contributed by atoms with E-state index in [2.05, 4.69) is 0 Å². The number of ether oxygens (including phenoxy) is 1. The fourth-order valence-electron chi connectivity index (χ4n) is 4.34. The SMILES string of the molecule is O=c1c([C@@H]2Oc3ccccc3[C@@H]3CC(c4ccc(Cl)cc4)=NN32)coc2ccc(F)cc12. The number of hydrogen-bond donors (Lipinski definition) is 0. The second kappa shape index (κ2) is 7.21. The summed E-state index contributed by atoms with van der Waals surface area (Å²) in [6.07, 6.45) is 1.23. The average Bonchev–Trinajstić information content (AvgIpc) is 3.26. The Kier molecular flexibility index (Phi) is 4.30. The van der Waals surface area contributed by atoms with Gasteiger partial charge in [0, 0.05) is 17.0 Å². The van der Waals surface area contributed by atoms with Gasteiger partial charge in [-0.15, -0.1) is 0 Å². The second-order valence-corrected chi connectivity index (χ2v) is 8.26. The topological polar surface area (TPSA) is 55.0 Å². The van der Waals surface area contributed by atoms with Crippen molar-refractivity contribution in [2.24, 2.45) is 5.10 Å². The number of halogens is 2. The molecule has 0 radical (unpaired) electrons. The molecule has 5 nitrogen and oxygen atoms in total. The first-order valence-electron chi connectivity index (χ1n) is 10.2. The Hall–Kier alpha value is -3.64. The molecule has 0 unspecified atom stereocenters. The van der Waals surface area contributed by atoms with Crippen LogP contribution in [-0.4, -0.2) is 10.7 Å². The van der Waals surface area contributed by atoms with E-state index in [1.54, 1.807) is 5.01 Å². The highest BCUT2D eigenvalue weighted by molar-refractivity contribution is 6.30. The third-order valence-corrected chi connectivity index (χ3v) is 6.16. The minimum absolute atomic E-state index is 0.113. The van der Waals surface area contributed by atoms with Crippen molar-refractivity contribution in [2.45, 2.75) is 18.7 Å². The van der Waals surface area contributed by atoms with Crippen molar-refractivity contribution < 1.29 is 13.5 Å². The van der Waals surface area contributed by atoms with E-state index in [1.807, 2.05) is 48.5 Å². The van der Waals surface area contributed by atoms with E-state index in [9.17, 15) is 9.18 Å². The molecule has 1 aromatic heterocycles. The molecule has 0 N–H and O–H groups in total. The second-order valence-electron chi connectivity index (χ2n) is 7.82. The molecule has 3 aromatic carbocycles. The van der Waals surface area contributed by atoms with E-state index in [0.717, 1.165) is 16.8 Å². The highest BCUT2D eigenvalue weighted by Gasteiger charge is 2.42. The molecular weight excluding hydrogens is 431 g/mol. The Labute approximate surface area is 187 Å². The van der Waals surface area contributed by atoms with Crippen LogP contribution in [0, 0.1) is 5.82 Å². The molecule has 2 atom stereocenters. The first kappa shape index (κ1) is 19.1. The molecule has 0 amide bonds. The van der Waals surface area contributed by atoms with E-state index < -0.39 is 12.0 Å². The van der Waals surface area contributed by atoms with Gasteiger partial charge >= 0.3 is 0 Å². The summed E-state index contributed by atoms with van der Waals surface area (Å²) in [7, 11) is 0. The Bertz CT molecular complexity index is 1450.